The van der Waals surface area contributed by atoms with E-state index in [-0.39, 0.29) is 0 Å². The number of fused-ring (bicyclic) bond motifs is 1. The van der Waals surface area contributed by atoms with Crippen molar-refractivity contribution < 1.29 is 5.11 Å². The standard InChI is InChI=1S/C16H17NO/c18-14-6-3-4-12(10-14)11-16-15-7-2-1-5-13(15)8-9-17-16/h1-7,10,16-18H,8-9,11H2. The van der Waals surface area contributed by atoms with Crippen molar-refractivity contribution in [2.24, 2.45) is 0 Å². The third-order valence-corrected chi connectivity index (χ3v) is 3.57. The van der Waals surface area contributed by atoms with Gasteiger partial charge in [0.25, 0.3) is 0 Å². The molecule has 0 aromatic heterocycles. The minimum atomic E-state index is 0.344. The molecule has 0 saturated heterocycles. The Morgan fingerprint density at radius 1 is 1.11 bits per heavy atom. The highest BCUT2D eigenvalue weighted by Gasteiger charge is 2.19. The van der Waals surface area contributed by atoms with E-state index in [0.717, 1.165) is 19.4 Å². The smallest absolute Gasteiger partial charge is 0.115 e. The third kappa shape index (κ3) is 2.24. The molecule has 0 radical (unpaired) electrons. The molecule has 92 valence electrons. The highest BCUT2D eigenvalue weighted by atomic mass is 16.3. The molecule has 1 aliphatic heterocycles. The molecule has 2 aromatic rings. The predicted molar refractivity (Wildman–Crippen MR) is 72.7 cm³/mol. The molecule has 3 rings (SSSR count). The fourth-order valence-electron chi connectivity index (χ4n) is 2.69. The molecular formula is C16H17NO. The van der Waals surface area contributed by atoms with Gasteiger partial charge in [-0.1, -0.05) is 36.4 Å². The lowest BCUT2D eigenvalue weighted by Gasteiger charge is -2.27. The quantitative estimate of drug-likeness (QED) is 0.844. The molecule has 0 bridgehead atoms. The van der Waals surface area contributed by atoms with E-state index >= 15 is 0 Å². The van der Waals surface area contributed by atoms with Gasteiger partial charge in [-0.25, -0.2) is 0 Å². The zero-order valence-electron chi connectivity index (χ0n) is 10.3. The van der Waals surface area contributed by atoms with E-state index in [9.17, 15) is 5.11 Å². The summed E-state index contributed by atoms with van der Waals surface area (Å²) in [6, 6.07) is 16.5. The van der Waals surface area contributed by atoms with Crippen molar-refractivity contribution in [2.75, 3.05) is 6.54 Å². The van der Waals surface area contributed by atoms with Gasteiger partial charge in [0.2, 0.25) is 0 Å². The monoisotopic (exact) mass is 239 g/mol. The van der Waals surface area contributed by atoms with Gasteiger partial charge in [0, 0.05) is 6.04 Å². The predicted octanol–water partition coefficient (Wildman–Crippen LogP) is 2.82. The van der Waals surface area contributed by atoms with Crippen molar-refractivity contribution in [3.8, 4) is 5.75 Å². The van der Waals surface area contributed by atoms with E-state index in [0.29, 0.717) is 11.8 Å². The molecule has 1 aliphatic rings. The maximum Gasteiger partial charge on any atom is 0.115 e. The molecule has 0 aliphatic carbocycles. The summed E-state index contributed by atoms with van der Waals surface area (Å²) in [6.07, 6.45) is 2.03. The van der Waals surface area contributed by atoms with Crippen molar-refractivity contribution in [2.45, 2.75) is 18.9 Å². The second-order valence-corrected chi connectivity index (χ2v) is 4.83. The molecule has 18 heavy (non-hydrogen) atoms. The number of aromatic hydroxyl groups is 1. The Morgan fingerprint density at radius 3 is 2.89 bits per heavy atom. The Bertz CT molecular complexity index is 550. The molecule has 2 N–H and O–H groups in total. The topological polar surface area (TPSA) is 32.3 Å². The number of phenols is 1. The molecule has 1 unspecified atom stereocenters. The summed E-state index contributed by atoms with van der Waals surface area (Å²) in [5.74, 6) is 0.344. The number of phenolic OH excluding ortho intramolecular Hbond substituents is 1. The fraction of sp³-hybridized carbons (Fsp3) is 0.250. The first-order chi connectivity index (χ1) is 8.83. The van der Waals surface area contributed by atoms with Crippen LogP contribution in [0, 0.1) is 0 Å². The van der Waals surface area contributed by atoms with Crippen molar-refractivity contribution in [1.29, 1.82) is 0 Å². The Balaban J connectivity index is 1.86. The highest BCUT2D eigenvalue weighted by Crippen LogP contribution is 2.26. The van der Waals surface area contributed by atoms with E-state index in [1.807, 2.05) is 12.1 Å². The van der Waals surface area contributed by atoms with Crippen LogP contribution in [0.15, 0.2) is 48.5 Å². The summed E-state index contributed by atoms with van der Waals surface area (Å²) in [5.41, 5.74) is 4.01. The van der Waals surface area contributed by atoms with E-state index < -0.39 is 0 Å². The summed E-state index contributed by atoms with van der Waals surface area (Å²) in [7, 11) is 0. The molecule has 1 heterocycles. The van der Waals surface area contributed by atoms with Gasteiger partial charge in [-0.3, -0.25) is 0 Å². The number of hydrogen-bond donors (Lipinski definition) is 2. The van der Waals surface area contributed by atoms with E-state index in [2.05, 4.69) is 35.6 Å². The van der Waals surface area contributed by atoms with Gasteiger partial charge >= 0.3 is 0 Å². The normalized spacial score (nSPS) is 18.3. The van der Waals surface area contributed by atoms with Crippen LogP contribution in [0.2, 0.25) is 0 Å². The average molecular weight is 239 g/mol. The first-order valence-corrected chi connectivity index (χ1v) is 6.42. The van der Waals surface area contributed by atoms with Crippen molar-refractivity contribution in [3.05, 3.63) is 65.2 Å². The van der Waals surface area contributed by atoms with Crippen LogP contribution in [0.25, 0.3) is 0 Å². The van der Waals surface area contributed by atoms with Crippen LogP contribution in [-0.2, 0) is 12.8 Å². The van der Waals surface area contributed by atoms with Gasteiger partial charge in [-0.05, 0) is 48.2 Å². The third-order valence-electron chi connectivity index (χ3n) is 3.57. The van der Waals surface area contributed by atoms with E-state index in [4.69, 9.17) is 0 Å². The number of nitrogens with one attached hydrogen (secondary N) is 1. The number of rotatable bonds is 2. The lowest BCUT2D eigenvalue weighted by molar-refractivity contribution is 0.471. The van der Waals surface area contributed by atoms with Gasteiger partial charge in [0.15, 0.2) is 0 Å². The summed E-state index contributed by atoms with van der Waals surface area (Å²) < 4.78 is 0. The maximum absolute atomic E-state index is 9.52. The Labute approximate surface area is 107 Å². The Kier molecular flexibility index (Phi) is 3.03. The second kappa shape index (κ2) is 4.83. The summed E-state index contributed by atoms with van der Waals surface area (Å²) in [5, 5.41) is 13.1. The van der Waals surface area contributed by atoms with Crippen LogP contribution in [-0.4, -0.2) is 11.7 Å². The number of hydrogen-bond acceptors (Lipinski definition) is 2. The summed E-state index contributed by atoms with van der Waals surface area (Å²) in [4.78, 5) is 0. The van der Waals surface area contributed by atoms with Crippen LogP contribution in [0.4, 0.5) is 0 Å². The Morgan fingerprint density at radius 2 is 2.00 bits per heavy atom. The SMILES string of the molecule is Oc1cccc(CC2NCCc3ccccc32)c1. The van der Waals surface area contributed by atoms with Gasteiger partial charge in [-0.15, -0.1) is 0 Å². The molecule has 0 saturated carbocycles. The maximum atomic E-state index is 9.52. The molecule has 0 spiro atoms. The average Bonchev–Trinajstić information content (AvgIpc) is 2.39. The van der Waals surface area contributed by atoms with Crippen molar-refractivity contribution >= 4 is 0 Å². The molecule has 2 heteroatoms. The minimum Gasteiger partial charge on any atom is -0.508 e. The lowest BCUT2D eigenvalue weighted by atomic mass is 9.90. The van der Waals surface area contributed by atoms with Crippen LogP contribution in [0.1, 0.15) is 22.7 Å². The van der Waals surface area contributed by atoms with Crippen molar-refractivity contribution in [3.63, 3.8) is 0 Å². The van der Waals surface area contributed by atoms with Crippen molar-refractivity contribution in [1.82, 2.24) is 5.32 Å². The lowest BCUT2D eigenvalue weighted by Crippen LogP contribution is -2.31. The number of benzene rings is 2. The first kappa shape index (κ1) is 11.3. The molecule has 2 aromatic carbocycles. The zero-order valence-corrected chi connectivity index (χ0v) is 10.3. The van der Waals surface area contributed by atoms with Crippen LogP contribution in [0.5, 0.6) is 5.75 Å². The van der Waals surface area contributed by atoms with Gasteiger partial charge in [0.05, 0.1) is 0 Å². The summed E-state index contributed by atoms with van der Waals surface area (Å²) >= 11 is 0. The van der Waals surface area contributed by atoms with E-state index in [1.54, 1.807) is 6.07 Å². The minimum absolute atomic E-state index is 0.344. The Hall–Kier alpha value is -1.80. The van der Waals surface area contributed by atoms with Gasteiger partial charge in [-0.2, -0.15) is 0 Å². The molecule has 2 nitrogen and oxygen atoms in total. The fourth-order valence-corrected chi connectivity index (χ4v) is 2.69. The molecular weight excluding hydrogens is 222 g/mol. The first-order valence-electron chi connectivity index (χ1n) is 6.42. The molecule has 0 amide bonds. The van der Waals surface area contributed by atoms with Gasteiger partial charge in [0.1, 0.15) is 5.75 Å². The summed E-state index contributed by atoms with van der Waals surface area (Å²) in [6.45, 7) is 1.03. The van der Waals surface area contributed by atoms with Crippen LogP contribution in [0.3, 0.4) is 0 Å². The van der Waals surface area contributed by atoms with Gasteiger partial charge < -0.3 is 10.4 Å². The van der Waals surface area contributed by atoms with Crippen LogP contribution < -0.4 is 5.32 Å². The largest absolute Gasteiger partial charge is 0.508 e. The highest BCUT2D eigenvalue weighted by molar-refractivity contribution is 5.35. The second-order valence-electron chi connectivity index (χ2n) is 4.83. The zero-order chi connectivity index (χ0) is 12.4. The molecule has 1 atom stereocenters. The van der Waals surface area contributed by atoms with Crippen LogP contribution >= 0.6 is 0 Å². The van der Waals surface area contributed by atoms with E-state index in [1.165, 1.54) is 16.7 Å². The molecule has 0 fully saturated rings.